The molecule has 0 spiro atoms. The fraction of sp³-hybridized carbons (Fsp3) is 0.333. The number of hydrogen-bond acceptors (Lipinski definition) is 3. The Balaban J connectivity index is 1.87. The minimum absolute atomic E-state index is 0.678. The lowest BCUT2D eigenvalue weighted by Gasteiger charge is -2.15. The Hall–Kier alpha value is -2.00. The lowest BCUT2D eigenvalue weighted by atomic mass is 9.99. The lowest BCUT2D eigenvalue weighted by molar-refractivity contribution is 0.219. The van der Waals surface area contributed by atoms with Crippen LogP contribution in [0.2, 0.25) is 0 Å². The SMILES string of the molecule is COc1cc(OC)cc(C(O)c2ccc(C3CC3)cc2)c1. The van der Waals surface area contributed by atoms with Gasteiger partial charge >= 0.3 is 0 Å². The van der Waals surface area contributed by atoms with Crippen molar-refractivity contribution in [2.75, 3.05) is 14.2 Å². The van der Waals surface area contributed by atoms with E-state index in [0.717, 1.165) is 17.0 Å². The average molecular weight is 284 g/mol. The molecule has 110 valence electrons. The number of hydrogen-bond donors (Lipinski definition) is 1. The van der Waals surface area contributed by atoms with E-state index in [4.69, 9.17) is 9.47 Å². The molecule has 1 fully saturated rings. The van der Waals surface area contributed by atoms with E-state index >= 15 is 0 Å². The highest BCUT2D eigenvalue weighted by molar-refractivity contribution is 5.42. The quantitative estimate of drug-likeness (QED) is 0.910. The maximum absolute atomic E-state index is 10.6. The van der Waals surface area contributed by atoms with Crippen LogP contribution in [0.15, 0.2) is 42.5 Å². The minimum atomic E-state index is -0.678. The Morgan fingerprint density at radius 3 is 1.95 bits per heavy atom. The van der Waals surface area contributed by atoms with Gasteiger partial charge in [0.05, 0.1) is 14.2 Å². The van der Waals surface area contributed by atoms with Crippen LogP contribution in [0, 0.1) is 0 Å². The number of rotatable bonds is 5. The molecule has 2 aromatic rings. The Bertz CT molecular complexity index is 593. The second-order valence-corrected chi connectivity index (χ2v) is 5.49. The molecule has 1 unspecified atom stereocenters. The maximum atomic E-state index is 10.6. The van der Waals surface area contributed by atoms with Gasteiger partial charge in [-0.15, -0.1) is 0 Å². The topological polar surface area (TPSA) is 38.7 Å². The van der Waals surface area contributed by atoms with E-state index < -0.39 is 6.10 Å². The van der Waals surface area contributed by atoms with Crippen molar-refractivity contribution >= 4 is 0 Å². The maximum Gasteiger partial charge on any atom is 0.122 e. The van der Waals surface area contributed by atoms with Crippen LogP contribution in [0.25, 0.3) is 0 Å². The number of ether oxygens (including phenoxy) is 2. The minimum Gasteiger partial charge on any atom is -0.497 e. The molecule has 1 atom stereocenters. The second kappa shape index (κ2) is 5.78. The lowest BCUT2D eigenvalue weighted by Crippen LogP contribution is -2.01. The number of methoxy groups -OCH3 is 2. The van der Waals surface area contributed by atoms with Gasteiger partial charge in [0.2, 0.25) is 0 Å². The molecule has 21 heavy (non-hydrogen) atoms. The molecular formula is C18H20O3. The molecule has 2 aromatic carbocycles. The van der Waals surface area contributed by atoms with Crippen LogP contribution >= 0.6 is 0 Å². The van der Waals surface area contributed by atoms with E-state index in [1.165, 1.54) is 18.4 Å². The van der Waals surface area contributed by atoms with Gasteiger partial charge in [-0.25, -0.2) is 0 Å². The largest absolute Gasteiger partial charge is 0.497 e. The first-order valence-corrected chi connectivity index (χ1v) is 7.22. The van der Waals surface area contributed by atoms with E-state index in [9.17, 15) is 5.11 Å². The molecule has 1 saturated carbocycles. The Morgan fingerprint density at radius 2 is 1.48 bits per heavy atom. The first kappa shape index (κ1) is 14.0. The molecule has 3 rings (SSSR count). The van der Waals surface area contributed by atoms with E-state index in [2.05, 4.69) is 12.1 Å². The smallest absolute Gasteiger partial charge is 0.122 e. The third-order valence-electron chi connectivity index (χ3n) is 3.99. The molecule has 3 nitrogen and oxygen atoms in total. The van der Waals surface area contributed by atoms with Crippen LogP contribution in [0.1, 0.15) is 41.6 Å². The van der Waals surface area contributed by atoms with Crippen LogP contribution in [0.3, 0.4) is 0 Å². The summed E-state index contributed by atoms with van der Waals surface area (Å²) in [6.07, 6.45) is 1.89. The predicted molar refractivity (Wildman–Crippen MR) is 82.0 cm³/mol. The van der Waals surface area contributed by atoms with Gasteiger partial charge in [-0.2, -0.15) is 0 Å². The van der Waals surface area contributed by atoms with Gasteiger partial charge in [0.1, 0.15) is 17.6 Å². The van der Waals surface area contributed by atoms with Crippen molar-refractivity contribution in [1.82, 2.24) is 0 Å². The highest BCUT2D eigenvalue weighted by atomic mass is 16.5. The molecule has 1 aliphatic carbocycles. The van der Waals surface area contributed by atoms with Crippen molar-refractivity contribution in [3.8, 4) is 11.5 Å². The number of aliphatic hydroxyl groups excluding tert-OH is 1. The van der Waals surface area contributed by atoms with E-state index in [1.54, 1.807) is 20.3 Å². The monoisotopic (exact) mass is 284 g/mol. The van der Waals surface area contributed by atoms with Gasteiger partial charge in [-0.1, -0.05) is 24.3 Å². The molecule has 0 bridgehead atoms. The summed E-state index contributed by atoms with van der Waals surface area (Å²) in [7, 11) is 3.21. The van der Waals surface area contributed by atoms with Crippen molar-refractivity contribution in [3.05, 3.63) is 59.2 Å². The average Bonchev–Trinajstić information content (AvgIpc) is 3.38. The van der Waals surface area contributed by atoms with Gasteiger partial charge in [0, 0.05) is 6.07 Å². The summed E-state index contributed by atoms with van der Waals surface area (Å²) in [4.78, 5) is 0. The molecule has 0 amide bonds. The van der Waals surface area contributed by atoms with Crippen LogP contribution < -0.4 is 9.47 Å². The third-order valence-corrected chi connectivity index (χ3v) is 3.99. The summed E-state index contributed by atoms with van der Waals surface area (Å²) in [6, 6.07) is 13.7. The standard InChI is InChI=1S/C18H20O3/c1-20-16-9-15(10-17(11-16)21-2)18(19)14-7-5-13(6-8-14)12-3-4-12/h5-12,18-19H,3-4H2,1-2H3. The zero-order valence-electron chi connectivity index (χ0n) is 12.4. The summed E-state index contributed by atoms with van der Waals surface area (Å²) in [6.45, 7) is 0. The van der Waals surface area contributed by atoms with E-state index in [0.29, 0.717) is 11.5 Å². The molecule has 1 N–H and O–H groups in total. The Kier molecular flexibility index (Phi) is 3.84. The van der Waals surface area contributed by atoms with Crippen molar-refractivity contribution in [2.24, 2.45) is 0 Å². The van der Waals surface area contributed by atoms with Crippen molar-refractivity contribution in [3.63, 3.8) is 0 Å². The number of aliphatic hydroxyl groups is 1. The van der Waals surface area contributed by atoms with Crippen LogP contribution in [0.5, 0.6) is 11.5 Å². The molecular weight excluding hydrogens is 264 g/mol. The van der Waals surface area contributed by atoms with Crippen molar-refractivity contribution in [1.29, 1.82) is 0 Å². The normalized spacial score (nSPS) is 15.6. The van der Waals surface area contributed by atoms with Gasteiger partial charge in [-0.05, 0) is 47.6 Å². The fourth-order valence-corrected chi connectivity index (χ4v) is 2.55. The van der Waals surface area contributed by atoms with Gasteiger partial charge in [0.25, 0.3) is 0 Å². The van der Waals surface area contributed by atoms with Gasteiger partial charge in [0.15, 0.2) is 0 Å². The Morgan fingerprint density at radius 1 is 0.905 bits per heavy atom. The molecule has 0 aromatic heterocycles. The van der Waals surface area contributed by atoms with Crippen molar-refractivity contribution in [2.45, 2.75) is 24.9 Å². The summed E-state index contributed by atoms with van der Waals surface area (Å²) in [5.74, 6) is 2.09. The first-order valence-electron chi connectivity index (χ1n) is 7.22. The highest BCUT2D eigenvalue weighted by Crippen LogP contribution is 2.40. The zero-order valence-corrected chi connectivity index (χ0v) is 12.4. The summed E-state index contributed by atoms with van der Waals surface area (Å²) >= 11 is 0. The number of benzene rings is 2. The second-order valence-electron chi connectivity index (χ2n) is 5.49. The molecule has 1 aliphatic rings. The first-order chi connectivity index (χ1) is 10.2. The Labute approximate surface area is 125 Å². The molecule has 0 radical (unpaired) electrons. The van der Waals surface area contributed by atoms with Gasteiger partial charge < -0.3 is 14.6 Å². The molecule has 0 aliphatic heterocycles. The molecule has 3 heteroatoms. The van der Waals surface area contributed by atoms with E-state index in [-0.39, 0.29) is 0 Å². The fourth-order valence-electron chi connectivity index (χ4n) is 2.55. The molecule has 0 heterocycles. The van der Waals surface area contributed by atoms with Crippen LogP contribution in [0.4, 0.5) is 0 Å². The summed E-state index contributed by atoms with van der Waals surface area (Å²) in [5, 5.41) is 10.6. The predicted octanol–water partition coefficient (Wildman–Crippen LogP) is 3.66. The van der Waals surface area contributed by atoms with E-state index in [1.807, 2.05) is 24.3 Å². The van der Waals surface area contributed by atoms with Crippen LogP contribution in [-0.4, -0.2) is 19.3 Å². The third kappa shape index (κ3) is 3.03. The molecule has 0 saturated heterocycles. The van der Waals surface area contributed by atoms with Crippen LogP contribution in [-0.2, 0) is 0 Å². The van der Waals surface area contributed by atoms with Gasteiger partial charge in [-0.3, -0.25) is 0 Å². The summed E-state index contributed by atoms with van der Waals surface area (Å²) < 4.78 is 10.5. The van der Waals surface area contributed by atoms with Crippen molar-refractivity contribution < 1.29 is 14.6 Å². The zero-order chi connectivity index (χ0) is 14.8. The summed E-state index contributed by atoms with van der Waals surface area (Å²) in [5.41, 5.74) is 3.02. The highest BCUT2D eigenvalue weighted by Gasteiger charge is 2.23.